The topological polar surface area (TPSA) is 58.9 Å². The van der Waals surface area contributed by atoms with E-state index in [1.54, 1.807) is 12.5 Å². The molecule has 4 rings (SSSR count). The molecule has 1 aliphatic rings. The molecular weight excluding hydrogens is 336 g/mol. The van der Waals surface area contributed by atoms with Gasteiger partial charge in [-0.25, -0.2) is 15.0 Å². The zero-order valence-corrected chi connectivity index (χ0v) is 15.9. The number of imidazole rings is 1. The summed E-state index contributed by atoms with van der Waals surface area (Å²) in [6.07, 6.45) is 7.76. The Bertz CT molecular complexity index is 862. The van der Waals surface area contributed by atoms with Crippen LogP contribution in [0.3, 0.4) is 0 Å². The molecule has 27 heavy (non-hydrogen) atoms. The van der Waals surface area contributed by atoms with E-state index in [-0.39, 0.29) is 0 Å². The molecule has 0 aliphatic carbocycles. The molecule has 0 unspecified atom stereocenters. The van der Waals surface area contributed by atoms with Gasteiger partial charge in [0.2, 0.25) is 0 Å². The van der Waals surface area contributed by atoms with Crippen molar-refractivity contribution in [2.75, 3.05) is 18.4 Å². The highest BCUT2D eigenvalue weighted by Gasteiger charge is 2.27. The molecule has 0 bridgehead atoms. The number of likely N-dealkylation sites (tertiary alicyclic amines) is 1. The Morgan fingerprint density at radius 1 is 1.15 bits per heavy atom. The van der Waals surface area contributed by atoms with E-state index in [0.717, 1.165) is 42.7 Å². The molecule has 1 saturated heterocycles. The first-order chi connectivity index (χ1) is 13.2. The van der Waals surface area contributed by atoms with Gasteiger partial charge < -0.3 is 10.2 Å². The number of nitrogens with one attached hydrogen (secondary N) is 1. The quantitative estimate of drug-likeness (QED) is 0.743. The van der Waals surface area contributed by atoms with E-state index in [1.165, 1.54) is 6.42 Å². The lowest BCUT2D eigenvalue weighted by molar-refractivity contribution is 0.149. The minimum absolute atomic E-state index is 0.348. The van der Waals surface area contributed by atoms with Crippen LogP contribution in [0, 0.1) is 0 Å². The Kier molecular flexibility index (Phi) is 5.16. The van der Waals surface area contributed by atoms with Gasteiger partial charge in [0.05, 0.1) is 0 Å². The number of piperidine rings is 1. The van der Waals surface area contributed by atoms with E-state index >= 15 is 0 Å². The summed E-state index contributed by atoms with van der Waals surface area (Å²) in [5, 5.41) is 3.42. The number of aromatic nitrogens is 4. The average Bonchev–Trinajstić information content (AvgIpc) is 3.24. The standard InChI is InChI=1S/C21H26N6/c1-3-26-14-17(10-9-16(26)2)21-24-19(23-18-7-5-4-6-8-18)13-20(25-21)27-12-11-22-15-27/h4-8,11-13,15-17H,3,9-10,14H2,1-2H3,(H,23,24,25)/t16-,17+/m0/s1. The lowest BCUT2D eigenvalue weighted by Gasteiger charge is -2.36. The van der Waals surface area contributed by atoms with Gasteiger partial charge >= 0.3 is 0 Å². The van der Waals surface area contributed by atoms with Gasteiger partial charge in [0.15, 0.2) is 0 Å². The summed E-state index contributed by atoms with van der Waals surface area (Å²) < 4.78 is 1.93. The predicted molar refractivity (Wildman–Crippen MR) is 108 cm³/mol. The fourth-order valence-corrected chi connectivity index (χ4v) is 3.73. The summed E-state index contributed by atoms with van der Waals surface area (Å²) in [4.78, 5) is 16.4. The van der Waals surface area contributed by atoms with Crippen LogP contribution in [0.4, 0.5) is 11.5 Å². The first-order valence-corrected chi connectivity index (χ1v) is 9.66. The van der Waals surface area contributed by atoms with E-state index < -0.39 is 0 Å². The summed E-state index contributed by atoms with van der Waals surface area (Å²) in [5.74, 6) is 2.92. The van der Waals surface area contributed by atoms with Crippen LogP contribution in [0.5, 0.6) is 0 Å². The van der Waals surface area contributed by atoms with Crippen LogP contribution in [-0.4, -0.2) is 43.6 Å². The Morgan fingerprint density at radius 2 is 2.00 bits per heavy atom. The second-order valence-electron chi connectivity index (χ2n) is 7.14. The molecule has 1 N–H and O–H groups in total. The maximum atomic E-state index is 4.88. The average molecular weight is 362 g/mol. The van der Waals surface area contributed by atoms with Crippen LogP contribution in [0.25, 0.3) is 5.82 Å². The number of hydrogen-bond donors (Lipinski definition) is 1. The monoisotopic (exact) mass is 362 g/mol. The molecule has 0 amide bonds. The third-order valence-corrected chi connectivity index (χ3v) is 5.33. The van der Waals surface area contributed by atoms with Crippen molar-refractivity contribution in [3.8, 4) is 5.82 Å². The highest BCUT2D eigenvalue weighted by Crippen LogP contribution is 2.29. The molecule has 1 aliphatic heterocycles. The van der Waals surface area contributed by atoms with Gasteiger partial charge in [0.25, 0.3) is 0 Å². The molecule has 2 aromatic heterocycles. The van der Waals surface area contributed by atoms with Crippen LogP contribution < -0.4 is 5.32 Å². The Labute approximate surface area is 160 Å². The van der Waals surface area contributed by atoms with Gasteiger partial charge in [-0.1, -0.05) is 25.1 Å². The Morgan fingerprint density at radius 3 is 2.74 bits per heavy atom. The molecule has 6 heteroatoms. The number of benzene rings is 1. The number of nitrogens with zero attached hydrogens (tertiary/aromatic N) is 5. The van der Waals surface area contributed by atoms with Gasteiger partial charge in [0, 0.05) is 42.7 Å². The molecule has 3 heterocycles. The van der Waals surface area contributed by atoms with Crippen molar-refractivity contribution in [1.82, 2.24) is 24.4 Å². The number of likely N-dealkylation sites (N-methyl/N-ethyl adjacent to an activating group) is 1. The fraction of sp³-hybridized carbons (Fsp3) is 0.381. The van der Waals surface area contributed by atoms with Crippen molar-refractivity contribution >= 4 is 11.5 Å². The minimum Gasteiger partial charge on any atom is -0.340 e. The molecule has 2 atom stereocenters. The van der Waals surface area contributed by atoms with Crippen LogP contribution in [-0.2, 0) is 0 Å². The summed E-state index contributed by atoms with van der Waals surface area (Å²) >= 11 is 0. The summed E-state index contributed by atoms with van der Waals surface area (Å²) in [6.45, 7) is 6.61. The molecule has 1 fully saturated rings. The molecular formula is C21H26N6. The van der Waals surface area contributed by atoms with Crippen LogP contribution in [0.1, 0.15) is 38.4 Å². The molecule has 3 aromatic rings. The zero-order valence-electron chi connectivity index (χ0n) is 15.9. The smallest absolute Gasteiger partial charge is 0.143 e. The third kappa shape index (κ3) is 4.01. The van der Waals surface area contributed by atoms with E-state index in [0.29, 0.717) is 12.0 Å². The van der Waals surface area contributed by atoms with Gasteiger partial charge in [-0.3, -0.25) is 4.57 Å². The summed E-state index contributed by atoms with van der Waals surface area (Å²) in [6, 6.07) is 12.7. The van der Waals surface area contributed by atoms with Gasteiger partial charge in [-0.15, -0.1) is 0 Å². The van der Waals surface area contributed by atoms with Gasteiger partial charge in [-0.05, 0) is 38.4 Å². The third-order valence-electron chi connectivity index (χ3n) is 5.33. The number of rotatable bonds is 5. The lowest BCUT2D eigenvalue weighted by Crippen LogP contribution is -2.41. The maximum Gasteiger partial charge on any atom is 0.143 e. The van der Waals surface area contributed by atoms with Crippen molar-refractivity contribution in [3.63, 3.8) is 0 Å². The zero-order chi connectivity index (χ0) is 18.6. The van der Waals surface area contributed by atoms with Crippen molar-refractivity contribution < 1.29 is 0 Å². The number of hydrogen-bond acceptors (Lipinski definition) is 5. The predicted octanol–water partition coefficient (Wildman–Crippen LogP) is 3.99. The molecule has 0 radical (unpaired) electrons. The van der Waals surface area contributed by atoms with E-state index in [2.05, 4.69) is 29.0 Å². The highest BCUT2D eigenvalue weighted by molar-refractivity contribution is 5.57. The molecule has 0 spiro atoms. The van der Waals surface area contributed by atoms with Crippen molar-refractivity contribution in [1.29, 1.82) is 0 Å². The van der Waals surface area contributed by atoms with Crippen LogP contribution >= 0.6 is 0 Å². The Hall–Kier alpha value is -2.73. The largest absolute Gasteiger partial charge is 0.340 e. The maximum absolute atomic E-state index is 4.88. The molecule has 0 saturated carbocycles. The van der Waals surface area contributed by atoms with Crippen molar-refractivity contribution in [2.45, 2.75) is 38.6 Å². The SMILES string of the molecule is CCN1C[C@H](c2nc(Nc3ccccc3)cc(-n3ccnc3)n2)CC[C@@H]1C. The normalized spacial score (nSPS) is 20.5. The second-order valence-corrected chi connectivity index (χ2v) is 7.14. The molecule has 140 valence electrons. The minimum atomic E-state index is 0.348. The van der Waals surface area contributed by atoms with Crippen molar-refractivity contribution in [3.05, 3.63) is 60.9 Å². The van der Waals surface area contributed by atoms with E-state index in [9.17, 15) is 0 Å². The van der Waals surface area contributed by atoms with E-state index in [1.807, 2.05) is 47.2 Å². The molecule has 1 aromatic carbocycles. The second kappa shape index (κ2) is 7.88. The highest BCUT2D eigenvalue weighted by atomic mass is 15.2. The van der Waals surface area contributed by atoms with Crippen LogP contribution in [0.2, 0.25) is 0 Å². The first kappa shape index (κ1) is 17.7. The van der Waals surface area contributed by atoms with Crippen molar-refractivity contribution in [2.24, 2.45) is 0 Å². The first-order valence-electron chi connectivity index (χ1n) is 9.66. The summed E-state index contributed by atoms with van der Waals surface area (Å²) in [5.41, 5.74) is 1.02. The molecule has 6 nitrogen and oxygen atoms in total. The summed E-state index contributed by atoms with van der Waals surface area (Å²) in [7, 11) is 0. The fourth-order valence-electron chi connectivity index (χ4n) is 3.73. The number of para-hydroxylation sites is 1. The van der Waals surface area contributed by atoms with Gasteiger partial charge in [0.1, 0.15) is 23.8 Å². The van der Waals surface area contributed by atoms with Crippen LogP contribution in [0.15, 0.2) is 55.1 Å². The lowest BCUT2D eigenvalue weighted by atomic mass is 9.93. The van der Waals surface area contributed by atoms with E-state index in [4.69, 9.17) is 9.97 Å². The van der Waals surface area contributed by atoms with Gasteiger partial charge in [-0.2, -0.15) is 0 Å². The number of anilines is 2. The Balaban J connectivity index is 1.68.